The van der Waals surface area contributed by atoms with Crippen molar-refractivity contribution < 1.29 is 14.1 Å². The molecule has 0 unspecified atom stereocenters. The fraction of sp³-hybridized carbons (Fsp3) is 0.143. The van der Waals surface area contributed by atoms with E-state index in [-0.39, 0.29) is 0 Å². The third-order valence-electron chi connectivity index (χ3n) is 2.88. The topological polar surface area (TPSA) is 41.5 Å². The van der Waals surface area contributed by atoms with E-state index in [1.807, 2.05) is 48.5 Å². The Morgan fingerprint density at radius 1 is 0.684 bits per heavy atom. The van der Waals surface area contributed by atoms with Gasteiger partial charge in [0.2, 0.25) is 0 Å². The van der Waals surface area contributed by atoms with E-state index in [2.05, 4.69) is 0 Å². The Kier molecular flexibility index (Phi) is 2.79. The summed E-state index contributed by atoms with van der Waals surface area (Å²) in [6.45, 7) is 0. The number of hydrogen-bond acceptors (Lipinski definition) is 3. The van der Waals surface area contributed by atoms with Crippen LogP contribution in [-0.4, -0.2) is 23.9 Å². The predicted molar refractivity (Wildman–Crippen MR) is 70.5 cm³/mol. The Hall–Kier alpha value is -2.56. The standard InChI is InChI=1S/C14H14N2O3/c1-17-13-7-3-11(4-8-13)15-16(19-15)12-5-9-14(18-2)10-6-12/h3-10H,1-2H3. The first-order chi connectivity index (χ1) is 9.31. The summed E-state index contributed by atoms with van der Waals surface area (Å²) >= 11 is 0. The normalized spacial score (nSPS) is 10.6. The summed E-state index contributed by atoms with van der Waals surface area (Å²) in [5.74, 6) is 1.64. The number of rotatable bonds is 4. The Bertz CT molecular complexity index is 587. The van der Waals surface area contributed by atoms with Crippen LogP contribution in [0.25, 0.3) is 11.4 Å². The van der Waals surface area contributed by atoms with Gasteiger partial charge in [-0.1, -0.05) is 9.71 Å². The highest BCUT2D eigenvalue weighted by Crippen LogP contribution is 2.22. The van der Waals surface area contributed by atoms with Crippen LogP contribution in [0.15, 0.2) is 53.2 Å². The molecular weight excluding hydrogens is 244 g/mol. The van der Waals surface area contributed by atoms with Gasteiger partial charge in [-0.25, -0.2) is 4.63 Å². The predicted octanol–water partition coefficient (Wildman–Crippen LogP) is 2.88. The molecule has 0 radical (unpaired) electrons. The second-order valence-corrected chi connectivity index (χ2v) is 4.02. The summed E-state index contributed by atoms with van der Waals surface area (Å²) in [5.41, 5.74) is 1.88. The molecule has 0 atom stereocenters. The number of nitrogens with zero attached hydrogens (tertiary/aromatic N) is 2. The molecule has 1 heterocycles. The zero-order chi connectivity index (χ0) is 13.2. The van der Waals surface area contributed by atoms with Crippen molar-refractivity contribution in [2.24, 2.45) is 0 Å². The lowest BCUT2D eigenvalue weighted by Gasteiger charge is -1.99. The van der Waals surface area contributed by atoms with Crippen LogP contribution >= 0.6 is 0 Å². The maximum absolute atomic E-state index is 5.42. The van der Waals surface area contributed by atoms with E-state index in [0.29, 0.717) is 0 Å². The number of ether oxygens (including phenoxy) is 2. The molecule has 0 bridgehead atoms. The van der Waals surface area contributed by atoms with Gasteiger partial charge < -0.3 is 9.47 Å². The molecule has 0 N–H and O–H groups in total. The number of benzene rings is 2. The van der Waals surface area contributed by atoms with Crippen LogP contribution in [0.4, 0.5) is 0 Å². The summed E-state index contributed by atoms with van der Waals surface area (Å²) in [7, 11) is 3.29. The molecule has 0 saturated heterocycles. The average Bonchev–Trinajstić information content (AvgIpc) is 3.28. The van der Waals surface area contributed by atoms with E-state index < -0.39 is 0 Å². The number of methoxy groups -OCH3 is 2. The van der Waals surface area contributed by atoms with Crippen LogP contribution in [0, 0.1) is 0 Å². The molecule has 0 spiro atoms. The molecule has 0 saturated carbocycles. The molecule has 3 rings (SSSR count). The maximum atomic E-state index is 5.42. The van der Waals surface area contributed by atoms with Crippen LogP contribution in [0.1, 0.15) is 0 Å². The molecule has 0 aliphatic heterocycles. The Morgan fingerprint density at radius 2 is 1.05 bits per heavy atom. The third kappa shape index (κ3) is 2.22. The van der Waals surface area contributed by atoms with E-state index in [9.17, 15) is 0 Å². The van der Waals surface area contributed by atoms with Crippen molar-refractivity contribution in [3.63, 3.8) is 0 Å². The summed E-state index contributed by atoms with van der Waals surface area (Å²) in [4.78, 5) is 3.39. The van der Waals surface area contributed by atoms with Gasteiger partial charge in [-0.2, -0.15) is 0 Å². The van der Waals surface area contributed by atoms with Crippen molar-refractivity contribution in [1.82, 2.24) is 9.71 Å². The van der Waals surface area contributed by atoms with Gasteiger partial charge in [0.1, 0.15) is 22.9 Å². The molecule has 3 aromatic rings. The fourth-order valence-electron chi connectivity index (χ4n) is 1.78. The van der Waals surface area contributed by atoms with Crippen LogP contribution in [0.2, 0.25) is 0 Å². The minimum Gasteiger partial charge on any atom is -0.497 e. The fourth-order valence-corrected chi connectivity index (χ4v) is 1.78. The highest BCUT2D eigenvalue weighted by molar-refractivity contribution is 5.39. The molecule has 0 amide bonds. The maximum Gasteiger partial charge on any atom is 0.119 e. The van der Waals surface area contributed by atoms with Crippen molar-refractivity contribution in [2.45, 2.75) is 0 Å². The summed E-state index contributed by atoms with van der Waals surface area (Å²) in [5, 5.41) is 0. The smallest absolute Gasteiger partial charge is 0.119 e. The monoisotopic (exact) mass is 258 g/mol. The van der Waals surface area contributed by atoms with Crippen LogP contribution in [0.3, 0.4) is 0 Å². The minimum atomic E-state index is 0.821. The van der Waals surface area contributed by atoms with Gasteiger partial charge in [-0.3, -0.25) is 0 Å². The van der Waals surface area contributed by atoms with E-state index in [1.165, 1.54) is 0 Å². The first-order valence-corrected chi connectivity index (χ1v) is 5.88. The van der Waals surface area contributed by atoms with Crippen molar-refractivity contribution in [1.29, 1.82) is 0 Å². The van der Waals surface area contributed by atoms with E-state index in [4.69, 9.17) is 14.1 Å². The van der Waals surface area contributed by atoms with Gasteiger partial charge in [-0.15, -0.1) is 0 Å². The molecule has 1 aromatic heterocycles. The van der Waals surface area contributed by atoms with Gasteiger partial charge in [0.25, 0.3) is 0 Å². The highest BCUT2D eigenvalue weighted by Gasteiger charge is 2.15. The first-order valence-electron chi connectivity index (χ1n) is 5.88. The number of hydrogen-bond donors (Lipinski definition) is 0. The van der Waals surface area contributed by atoms with Gasteiger partial charge in [0.05, 0.1) is 14.2 Å². The Balaban J connectivity index is 1.82. The Morgan fingerprint density at radius 3 is 1.37 bits per heavy atom. The lowest BCUT2D eigenvalue weighted by Crippen LogP contribution is -1.92. The second kappa shape index (κ2) is 4.61. The second-order valence-electron chi connectivity index (χ2n) is 4.02. The van der Waals surface area contributed by atoms with Gasteiger partial charge >= 0.3 is 0 Å². The van der Waals surface area contributed by atoms with Gasteiger partial charge in [0, 0.05) is 0 Å². The summed E-state index contributed by atoms with van der Waals surface area (Å²) in [6.07, 6.45) is 0. The average molecular weight is 258 g/mol. The SMILES string of the molecule is COc1ccc(-n2on2-c2ccc(OC)cc2)cc1. The lowest BCUT2D eigenvalue weighted by atomic mass is 10.3. The summed E-state index contributed by atoms with van der Waals surface area (Å²) < 4.78 is 15.7. The van der Waals surface area contributed by atoms with Crippen LogP contribution in [0.5, 0.6) is 11.5 Å². The number of aromatic nitrogens is 2. The molecule has 2 aromatic carbocycles. The molecule has 5 heteroatoms. The summed E-state index contributed by atoms with van der Waals surface area (Å²) in [6, 6.07) is 15.3. The zero-order valence-corrected chi connectivity index (χ0v) is 10.7. The molecule has 0 fully saturated rings. The van der Waals surface area contributed by atoms with E-state index in [1.54, 1.807) is 23.9 Å². The van der Waals surface area contributed by atoms with Crippen molar-refractivity contribution in [2.75, 3.05) is 14.2 Å². The van der Waals surface area contributed by atoms with Crippen LogP contribution < -0.4 is 9.47 Å². The van der Waals surface area contributed by atoms with Crippen molar-refractivity contribution >= 4 is 0 Å². The Labute approximate surface area is 110 Å². The molecule has 98 valence electrons. The van der Waals surface area contributed by atoms with Gasteiger partial charge in [-0.05, 0) is 48.5 Å². The third-order valence-corrected chi connectivity index (χ3v) is 2.88. The van der Waals surface area contributed by atoms with E-state index in [0.717, 1.165) is 22.9 Å². The van der Waals surface area contributed by atoms with Crippen molar-refractivity contribution in [3.05, 3.63) is 48.5 Å². The van der Waals surface area contributed by atoms with Crippen LogP contribution in [-0.2, 0) is 0 Å². The molecule has 0 aliphatic carbocycles. The lowest BCUT2D eigenvalue weighted by molar-refractivity contribution is 0.414. The van der Waals surface area contributed by atoms with Crippen molar-refractivity contribution in [3.8, 4) is 22.9 Å². The first kappa shape index (κ1) is 11.5. The molecule has 19 heavy (non-hydrogen) atoms. The molecule has 5 nitrogen and oxygen atoms in total. The largest absolute Gasteiger partial charge is 0.497 e. The highest BCUT2D eigenvalue weighted by atomic mass is 16.8. The minimum absolute atomic E-state index is 0.821. The molecule has 0 aliphatic rings. The van der Waals surface area contributed by atoms with Gasteiger partial charge in [0.15, 0.2) is 0 Å². The quantitative estimate of drug-likeness (QED) is 0.722. The van der Waals surface area contributed by atoms with E-state index >= 15 is 0 Å². The zero-order valence-electron chi connectivity index (χ0n) is 10.7. The molecular formula is C14H14N2O3.